The van der Waals surface area contributed by atoms with Crippen LogP contribution in [0.5, 0.6) is 0 Å². The molecule has 2 heterocycles. The van der Waals surface area contributed by atoms with Crippen LogP contribution in [-0.2, 0) is 9.59 Å². The summed E-state index contributed by atoms with van der Waals surface area (Å²) >= 11 is 3.45. The number of imide groups is 1. The number of nitrogens with zero attached hydrogens (tertiary/aromatic N) is 1. The summed E-state index contributed by atoms with van der Waals surface area (Å²) in [4.78, 5) is 27.1. The number of carbonyl (C=O) groups excluding carboxylic acids is 2. The van der Waals surface area contributed by atoms with Crippen molar-refractivity contribution in [2.75, 3.05) is 0 Å². The van der Waals surface area contributed by atoms with Gasteiger partial charge in [-0.2, -0.15) is 0 Å². The Hall–Kier alpha value is -1.75. The first-order valence-electron chi connectivity index (χ1n) is 6.02. The lowest BCUT2D eigenvalue weighted by Gasteiger charge is -2.21. The summed E-state index contributed by atoms with van der Waals surface area (Å²) in [6, 6.07) is 5.88. The lowest BCUT2D eigenvalue weighted by Crippen LogP contribution is -2.39. The first kappa shape index (κ1) is 12.3. The van der Waals surface area contributed by atoms with Crippen molar-refractivity contribution in [2.45, 2.75) is 18.8 Å². The maximum Gasteiger partial charge on any atom is 0.234 e. The maximum absolute atomic E-state index is 11.9. The van der Waals surface area contributed by atoms with E-state index in [0.29, 0.717) is 12.8 Å². The predicted molar refractivity (Wildman–Crippen MR) is 74.6 cm³/mol. The van der Waals surface area contributed by atoms with Gasteiger partial charge < -0.3 is 0 Å². The molecule has 3 rings (SSSR count). The van der Waals surface area contributed by atoms with Crippen molar-refractivity contribution in [1.29, 1.82) is 0 Å². The SMILES string of the molecule is O=C1CCC(c2ccc3c(Br)cncc3c2)C(=O)N1. The van der Waals surface area contributed by atoms with Crippen molar-refractivity contribution in [3.63, 3.8) is 0 Å². The van der Waals surface area contributed by atoms with Crippen LogP contribution in [0.1, 0.15) is 24.3 Å². The Morgan fingerprint density at radius 1 is 1.26 bits per heavy atom. The minimum atomic E-state index is -0.249. The first-order valence-corrected chi connectivity index (χ1v) is 6.81. The van der Waals surface area contributed by atoms with E-state index in [9.17, 15) is 9.59 Å². The second-order valence-corrected chi connectivity index (χ2v) is 5.46. The highest BCUT2D eigenvalue weighted by Gasteiger charge is 2.27. The number of piperidine rings is 1. The van der Waals surface area contributed by atoms with Gasteiger partial charge in [0.2, 0.25) is 11.8 Å². The molecular weight excluding hydrogens is 308 g/mol. The Kier molecular flexibility index (Phi) is 3.06. The normalized spacial score (nSPS) is 19.5. The third-order valence-corrected chi connectivity index (χ3v) is 4.01. The zero-order valence-corrected chi connectivity index (χ0v) is 11.6. The predicted octanol–water partition coefficient (Wildman–Crippen LogP) is 2.52. The fourth-order valence-electron chi connectivity index (χ4n) is 2.39. The number of hydrogen-bond acceptors (Lipinski definition) is 3. The van der Waals surface area contributed by atoms with Gasteiger partial charge in [-0.3, -0.25) is 19.9 Å². The molecule has 1 N–H and O–H groups in total. The van der Waals surface area contributed by atoms with E-state index in [4.69, 9.17) is 0 Å². The van der Waals surface area contributed by atoms with Crippen LogP contribution >= 0.6 is 15.9 Å². The van der Waals surface area contributed by atoms with Crippen LogP contribution in [0.2, 0.25) is 0 Å². The van der Waals surface area contributed by atoms with Gasteiger partial charge >= 0.3 is 0 Å². The van der Waals surface area contributed by atoms with E-state index in [1.165, 1.54) is 0 Å². The highest BCUT2D eigenvalue weighted by atomic mass is 79.9. The van der Waals surface area contributed by atoms with Crippen molar-refractivity contribution in [3.05, 3.63) is 40.6 Å². The fraction of sp³-hybridized carbons (Fsp3) is 0.214. The topological polar surface area (TPSA) is 59.1 Å². The summed E-state index contributed by atoms with van der Waals surface area (Å²) in [5.74, 6) is -0.647. The smallest absolute Gasteiger partial charge is 0.234 e. The van der Waals surface area contributed by atoms with Crippen molar-refractivity contribution in [2.24, 2.45) is 0 Å². The number of hydrogen-bond donors (Lipinski definition) is 1. The number of pyridine rings is 1. The van der Waals surface area contributed by atoms with Gasteiger partial charge in [0, 0.05) is 28.7 Å². The van der Waals surface area contributed by atoms with Crippen LogP contribution in [0, 0.1) is 0 Å². The summed E-state index contributed by atoms with van der Waals surface area (Å²) in [6.07, 6.45) is 4.48. The number of fused-ring (bicyclic) bond motifs is 1. The quantitative estimate of drug-likeness (QED) is 0.822. The summed E-state index contributed by atoms with van der Waals surface area (Å²) in [7, 11) is 0. The third kappa shape index (κ3) is 2.26. The van der Waals surface area contributed by atoms with Crippen LogP contribution in [0.25, 0.3) is 10.8 Å². The number of carbonyl (C=O) groups is 2. The molecule has 1 unspecified atom stereocenters. The Labute approximate surface area is 118 Å². The Morgan fingerprint density at radius 3 is 2.89 bits per heavy atom. The van der Waals surface area contributed by atoms with Crippen LogP contribution < -0.4 is 5.32 Å². The number of benzene rings is 1. The first-order chi connectivity index (χ1) is 9.15. The number of aromatic nitrogens is 1. The molecule has 19 heavy (non-hydrogen) atoms. The largest absolute Gasteiger partial charge is 0.296 e. The molecule has 1 fully saturated rings. The highest BCUT2D eigenvalue weighted by Crippen LogP contribution is 2.29. The monoisotopic (exact) mass is 318 g/mol. The molecule has 4 nitrogen and oxygen atoms in total. The molecule has 0 aliphatic carbocycles. The van der Waals surface area contributed by atoms with Crippen molar-refractivity contribution in [3.8, 4) is 0 Å². The Morgan fingerprint density at radius 2 is 2.11 bits per heavy atom. The van der Waals surface area contributed by atoms with Gasteiger partial charge in [0.25, 0.3) is 0 Å². The molecule has 0 radical (unpaired) electrons. The molecule has 0 spiro atoms. The molecular formula is C14H11BrN2O2. The molecule has 0 bridgehead atoms. The summed E-state index contributed by atoms with van der Waals surface area (Å²) in [6.45, 7) is 0. The van der Waals surface area contributed by atoms with Gasteiger partial charge in [0.1, 0.15) is 0 Å². The molecule has 1 atom stereocenters. The number of nitrogens with one attached hydrogen (secondary N) is 1. The summed E-state index contributed by atoms with van der Waals surface area (Å²) in [5.41, 5.74) is 0.928. The molecule has 2 amide bonds. The van der Waals surface area contributed by atoms with Crippen LogP contribution in [0.15, 0.2) is 35.1 Å². The average molecular weight is 319 g/mol. The van der Waals surface area contributed by atoms with Crippen LogP contribution in [-0.4, -0.2) is 16.8 Å². The molecule has 1 aromatic carbocycles. The van der Waals surface area contributed by atoms with E-state index in [2.05, 4.69) is 26.2 Å². The second kappa shape index (κ2) is 4.74. The van der Waals surface area contributed by atoms with Gasteiger partial charge in [-0.25, -0.2) is 0 Å². The molecule has 0 saturated carbocycles. The van der Waals surface area contributed by atoms with E-state index < -0.39 is 0 Å². The molecule has 96 valence electrons. The lowest BCUT2D eigenvalue weighted by atomic mass is 9.89. The van der Waals surface area contributed by atoms with Crippen molar-refractivity contribution in [1.82, 2.24) is 10.3 Å². The summed E-state index contributed by atoms with van der Waals surface area (Å²) in [5, 5.41) is 4.43. The maximum atomic E-state index is 11.9. The number of halogens is 1. The zero-order valence-electron chi connectivity index (χ0n) is 10.0. The third-order valence-electron chi connectivity index (χ3n) is 3.38. The number of amides is 2. The van der Waals surface area contributed by atoms with Crippen molar-refractivity contribution >= 4 is 38.5 Å². The van der Waals surface area contributed by atoms with Crippen molar-refractivity contribution < 1.29 is 9.59 Å². The fourth-order valence-corrected chi connectivity index (χ4v) is 2.87. The van der Waals surface area contributed by atoms with Gasteiger partial charge in [0.05, 0.1) is 5.92 Å². The van der Waals surface area contributed by atoms with E-state index in [-0.39, 0.29) is 17.7 Å². The standard InChI is InChI=1S/C14H11BrN2O2/c15-12-7-16-6-9-5-8(1-2-10(9)12)11-3-4-13(18)17-14(11)19/h1-2,5-7,11H,3-4H2,(H,17,18,19). The van der Waals surface area contributed by atoms with E-state index >= 15 is 0 Å². The number of rotatable bonds is 1. The van der Waals surface area contributed by atoms with Crippen LogP contribution in [0.4, 0.5) is 0 Å². The highest BCUT2D eigenvalue weighted by molar-refractivity contribution is 9.10. The molecule has 5 heteroatoms. The Balaban J connectivity index is 2.02. The van der Waals surface area contributed by atoms with E-state index in [0.717, 1.165) is 20.8 Å². The van der Waals surface area contributed by atoms with E-state index in [1.54, 1.807) is 12.4 Å². The van der Waals surface area contributed by atoms with Gasteiger partial charge in [0.15, 0.2) is 0 Å². The molecule has 1 aromatic heterocycles. The minimum absolute atomic E-state index is 0.188. The van der Waals surface area contributed by atoms with Crippen LogP contribution in [0.3, 0.4) is 0 Å². The van der Waals surface area contributed by atoms with E-state index in [1.807, 2.05) is 18.2 Å². The molecule has 1 saturated heterocycles. The second-order valence-electron chi connectivity index (χ2n) is 4.61. The van der Waals surface area contributed by atoms with Gasteiger partial charge in [-0.1, -0.05) is 12.1 Å². The lowest BCUT2D eigenvalue weighted by molar-refractivity contribution is -0.134. The Bertz CT molecular complexity index is 684. The zero-order chi connectivity index (χ0) is 13.4. The average Bonchev–Trinajstić information content (AvgIpc) is 2.38. The summed E-state index contributed by atoms with van der Waals surface area (Å²) < 4.78 is 0.930. The molecule has 1 aliphatic heterocycles. The molecule has 1 aliphatic rings. The van der Waals surface area contributed by atoms with Gasteiger partial charge in [-0.05, 0) is 39.4 Å². The minimum Gasteiger partial charge on any atom is -0.296 e. The van der Waals surface area contributed by atoms with Gasteiger partial charge in [-0.15, -0.1) is 0 Å². The molecule has 2 aromatic rings.